The molecule has 4 rings (SSSR count). The smallest absolute Gasteiger partial charge is 0.205 e. The topological polar surface area (TPSA) is 58.0 Å². The summed E-state index contributed by atoms with van der Waals surface area (Å²) in [5.41, 5.74) is 2.67. The fourth-order valence-corrected chi connectivity index (χ4v) is 4.21. The Bertz CT molecular complexity index is 705. The van der Waals surface area contributed by atoms with Crippen molar-refractivity contribution in [3.63, 3.8) is 0 Å². The second-order valence-electron chi connectivity index (χ2n) is 6.33. The van der Waals surface area contributed by atoms with E-state index in [2.05, 4.69) is 24.1 Å². The van der Waals surface area contributed by atoms with Crippen molar-refractivity contribution in [3.05, 3.63) is 22.9 Å². The monoisotopic (exact) mass is 330 g/mol. The Balaban J connectivity index is 1.53. The van der Waals surface area contributed by atoms with Crippen molar-refractivity contribution in [1.29, 1.82) is 0 Å². The molecule has 7 heteroatoms. The highest BCUT2D eigenvalue weighted by atomic mass is 32.1. The van der Waals surface area contributed by atoms with E-state index in [0.29, 0.717) is 0 Å². The summed E-state index contributed by atoms with van der Waals surface area (Å²) >= 11 is 1.50. The largest absolute Gasteiger partial charge is 0.353 e. The number of aryl methyl sites for hydroxylation is 3. The highest BCUT2D eigenvalue weighted by Gasteiger charge is 2.25. The lowest BCUT2D eigenvalue weighted by atomic mass is 9.96. The fraction of sp³-hybridized carbons (Fsp3) is 0.625. The molecule has 122 valence electrons. The van der Waals surface area contributed by atoms with Gasteiger partial charge in [0.1, 0.15) is 17.5 Å². The fourth-order valence-electron chi connectivity index (χ4n) is 3.48. The van der Waals surface area contributed by atoms with Crippen molar-refractivity contribution < 1.29 is 0 Å². The molecular weight excluding hydrogens is 308 g/mol. The number of aromatic nitrogens is 4. The van der Waals surface area contributed by atoms with E-state index >= 15 is 0 Å². The Kier molecular flexibility index (Phi) is 3.88. The predicted octanol–water partition coefficient (Wildman–Crippen LogP) is 2.15. The minimum absolute atomic E-state index is 0.868. The average Bonchev–Trinajstić information content (AvgIpc) is 3.01. The minimum Gasteiger partial charge on any atom is -0.353 e. The van der Waals surface area contributed by atoms with Crippen LogP contribution in [0.4, 0.5) is 10.9 Å². The van der Waals surface area contributed by atoms with E-state index in [4.69, 9.17) is 4.98 Å². The van der Waals surface area contributed by atoms with Crippen LogP contribution in [-0.2, 0) is 12.8 Å². The summed E-state index contributed by atoms with van der Waals surface area (Å²) in [5.74, 6) is 2.95. The van der Waals surface area contributed by atoms with E-state index in [-0.39, 0.29) is 0 Å². The number of piperazine rings is 1. The zero-order valence-corrected chi connectivity index (χ0v) is 14.6. The Labute approximate surface area is 140 Å². The Morgan fingerprint density at radius 1 is 0.826 bits per heavy atom. The molecule has 2 aromatic rings. The molecule has 23 heavy (non-hydrogen) atoms. The van der Waals surface area contributed by atoms with Crippen LogP contribution in [0.25, 0.3) is 0 Å². The zero-order chi connectivity index (χ0) is 15.8. The van der Waals surface area contributed by atoms with Crippen LogP contribution in [0.2, 0.25) is 0 Å². The quantitative estimate of drug-likeness (QED) is 0.841. The molecule has 0 aromatic carbocycles. The molecule has 0 saturated carbocycles. The van der Waals surface area contributed by atoms with Gasteiger partial charge in [0.25, 0.3) is 0 Å². The van der Waals surface area contributed by atoms with Crippen molar-refractivity contribution in [2.24, 2.45) is 0 Å². The maximum Gasteiger partial charge on any atom is 0.205 e. The van der Waals surface area contributed by atoms with Gasteiger partial charge >= 0.3 is 0 Å². The van der Waals surface area contributed by atoms with Crippen molar-refractivity contribution in [3.8, 4) is 0 Å². The van der Waals surface area contributed by atoms with Gasteiger partial charge in [-0.15, -0.1) is 0 Å². The number of fused-ring (bicyclic) bond motifs is 1. The summed E-state index contributed by atoms with van der Waals surface area (Å²) in [6.45, 7) is 7.90. The number of nitrogens with zero attached hydrogens (tertiary/aromatic N) is 6. The Hall–Kier alpha value is -1.76. The molecule has 0 amide bonds. The van der Waals surface area contributed by atoms with E-state index < -0.39 is 0 Å². The molecular formula is C16H22N6S. The average molecular weight is 330 g/mol. The van der Waals surface area contributed by atoms with Crippen molar-refractivity contribution in [1.82, 2.24) is 19.3 Å². The zero-order valence-electron chi connectivity index (χ0n) is 13.7. The third-order valence-electron chi connectivity index (χ3n) is 4.64. The van der Waals surface area contributed by atoms with Gasteiger partial charge in [0.15, 0.2) is 0 Å². The van der Waals surface area contributed by atoms with E-state index in [9.17, 15) is 0 Å². The minimum atomic E-state index is 0.868. The van der Waals surface area contributed by atoms with Crippen LogP contribution in [0, 0.1) is 13.8 Å². The third kappa shape index (κ3) is 2.89. The van der Waals surface area contributed by atoms with Gasteiger partial charge in [-0.05, 0) is 39.5 Å². The summed E-state index contributed by atoms with van der Waals surface area (Å²) in [6, 6.07) is 0. The standard InChI is InChI=1S/C16H22N6S/c1-11-17-14-6-4-3-5-13(14)15(18-11)21-7-9-22(10-8-21)16-19-12(2)20-23-16/h3-10H2,1-2H3. The SMILES string of the molecule is Cc1nsc(N2CCN(c3nc(C)nc4c3CCCC4)CC2)n1. The molecule has 0 bridgehead atoms. The summed E-state index contributed by atoms with van der Waals surface area (Å²) in [6.07, 6.45) is 4.75. The lowest BCUT2D eigenvalue weighted by molar-refractivity contribution is 0.619. The molecule has 0 atom stereocenters. The van der Waals surface area contributed by atoms with Gasteiger partial charge < -0.3 is 9.80 Å². The highest BCUT2D eigenvalue weighted by molar-refractivity contribution is 7.09. The van der Waals surface area contributed by atoms with Crippen molar-refractivity contribution in [2.75, 3.05) is 36.0 Å². The Morgan fingerprint density at radius 2 is 1.57 bits per heavy atom. The predicted molar refractivity (Wildman–Crippen MR) is 92.5 cm³/mol. The van der Waals surface area contributed by atoms with Gasteiger partial charge in [-0.3, -0.25) is 0 Å². The molecule has 1 aliphatic carbocycles. The van der Waals surface area contributed by atoms with Crippen LogP contribution < -0.4 is 9.80 Å². The molecule has 3 heterocycles. The normalized spacial score (nSPS) is 18.2. The second-order valence-corrected chi connectivity index (χ2v) is 7.06. The summed E-state index contributed by atoms with van der Waals surface area (Å²) in [7, 11) is 0. The molecule has 0 unspecified atom stereocenters. The molecule has 0 spiro atoms. The van der Waals surface area contributed by atoms with Crippen LogP contribution in [0.1, 0.15) is 35.7 Å². The maximum atomic E-state index is 4.78. The van der Waals surface area contributed by atoms with Gasteiger partial charge in [-0.2, -0.15) is 4.37 Å². The van der Waals surface area contributed by atoms with Crippen LogP contribution in [0.3, 0.4) is 0 Å². The van der Waals surface area contributed by atoms with Crippen LogP contribution in [0.5, 0.6) is 0 Å². The lowest BCUT2D eigenvalue weighted by Gasteiger charge is -2.36. The van der Waals surface area contributed by atoms with E-state index in [1.54, 1.807) is 0 Å². The summed E-state index contributed by atoms with van der Waals surface area (Å²) < 4.78 is 4.29. The molecule has 0 N–H and O–H groups in total. The van der Waals surface area contributed by atoms with Crippen LogP contribution in [0.15, 0.2) is 0 Å². The van der Waals surface area contributed by atoms with Crippen LogP contribution >= 0.6 is 11.5 Å². The van der Waals surface area contributed by atoms with Gasteiger partial charge in [-0.25, -0.2) is 15.0 Å². The number of anilines is 2. The van der Waals surface area contributed by atoms with Crippen molar-refractivity contribution in [2.45, 2.75) is 39.5 Å². The molecule has 1 fully saturated rings. The third-order valence-corrected chi connectivity index (χ3v) is 5.51. The second kappa shape index (κ2) is 6.03. The maximum absolute atomic E-state index is 4.78. The first-order valence-electron chi connectivity index (χ1n) is 8.37. The highest BCUT2D eigenvalue weighted by Crippen LogP contribution is 2.29. The molecule has 0 radical (unpaired) electrons. The number of hydrogen-bond donors (Lipinski definition) is 0. The first-order chi connectivity index (χ1) is 11.2. The van der Waals surface area contributed by atoms with Gasteiger partial charge in [-0.1, -0.05) is 0 Å². The van der Waals surface area contributed by atoms with Crippen molar-refractivity contribution >= 4 is 22.5 Å². The molecule has 2 aliphatic rings. The first kappa shape index (κ1) is 14.8. The lowest BCUT2D eigenvalue weighted by Crippen LogP contribution is -2.47. The molecule has 1 aliphatic heterocycles. The Morgan fingerprint density at radius 3 is 2.30 bits per heavy atom. The molecule has 1 saturated heterocycles. The van der Waals surface area contributed by atoms with Crippen LogP contribution in [-0.4, -0.2) is 45.5 Å². The van der Waals surface area contributed by atoms with Gasteiger partial charge in [0.2, 0.25) is 5.13 Å². The number of hydrogen-bond acceptors (Lipinski definition) is 7. The van der Waals surface area contributed by atoms with E-state index in [1.165, 1.54) is 41.4 Å². The van der Waals surface area contributed by atoms with E-state index in [1.807, 2.05) is 13.8 Å². The summed E-state index contributed by atoms with van der Waals surface area (Å²) in [5, 5.41) is 1.04. The summed E-state index contributed by atoms with van der Waals surface area (Å²) in [4.78, 5) is 18.7. The number of rotatable bonds is 2. The van der Waals surface area contributed by atoms with Gasteiger partial charge in [0, 0.05) is 49.0 Å². The van der Waals surface area contributed by atoms with E-state index in [0.717, 1.165) is 55.8 Å². The molecule has 6 nitrogen and oxygen atoms in total. The van der Waals surface area contributed by atoms with Gasteiger partial charge in [0.05, 0.1) is 0 Å². The molecule has 2 aromatic heterocycles. The first-order valence-corrected chi connectivity index (χ1v) is 9.14.